The summed E-state index contributed by atoms with van der Waals surface area (Å²) in [5.74, 6) is 0.596. The van der Waals surface area contributed by atoms with Gasteiger partial charge in [0.1, 0.15) is 0 Å². The summed E-state index contributed by atoms with van der Waals surface area (Å²) in [6, 6.07) is 25.9. The van der Waals surface area contributed by atoms with E-state index in [1.54, 1.807) is 0 Å². The van der Waals surface area contributed by atoms with Crippen LogP contribution in [0.5, 0.6) is 0 Å². The predicted molar refractivity (Wildman–Crippen MR) is 167 cm³/mol. The van der Waals surface area contributed by atoms with Gasteiger partial charge in [0.2, 0.25) is 0 Å². The number of carbonyl (C=O) groups is 2. The third-order valence-corrected chi connectivity index (χ3v) is 9.29. The zero-order valence-corrected chi connectivity index (χ0v) is 24.4. The molecule has 1 aromatic heterocycles. The number of carboxylic acid groups (broad SMARTS) is 1. The van der Waals surface area contributed by atoms with E-state index in [9.17, 15) is 9.59 Å². The van der Waals surface area contributed by atoms with Gasteiger partial charge >= 0.3 is 11.9 Å². The first kappa shape index (κ1) is 28.9. The van der Waals surface area contributed by atoms with Gasteiger partial charge in [0.05, 0.1) is 23.9 Å². The number of carbonyl (C=O) groups excluding carboxylic acids is 1. The van der Waals surface area contributed by atoms with Crippen LogP contribution in [0.2, 0.25) is 5.02 Å². The number of benzene rings is 3. The summed E-state index contributed by atoms with van der Waals surface area (Å²) < 4.78 is 5.00. The van der Waals surface area contributed by atoms with E-state index in [2.05, 4.69) is 30.3 Å². The minimum atomic E-state index is -0.720. The lowest BCUT2D eigenvalue weighted by Crippen LogP contribution is -2.07. The molecule has 1 heterocycles. The molecule has 0 saturated heterocycles. The highest BCUT2D eigenvalue weighted by Crippen LogP contribution is 2.46. The monoisotopic (exact) mass is 585 g/mol. The Labute approximate surface area is 249 Å². The fraction of sp³-hybridized carbons (Fsp3) is 0.265. The van der Waals surface area contributed by atoms with Gasteiger partial charge in [-0.3, -0.25) is 4.79 Å². The van der Waals surface area contributed by atoms with Gasteiger partial charge in [-0.15, -0.1) is 0 Å². The van der Waals surface area contributed by atoms with E-state index < -0.39 is 5.97 Å². The Morgan fingerprint density at radius 2 is 1.88 bits per heavy atom. The predicted octanol–water partition coefficient (Wildman–Crippen LogP) is 8.36. The second-order valence-electron chi connectivity index (χ2n) is 10.4. The molecule has 5 rings (SSSR count). The molecule has 0 bridgehead atoms. The Balaban J connectivity index is 1.34. The summed E-state index contributed by atoms with van der Waals surface area (Å²) in [6.45, 7) is 0. The Morgan fingerprint density at radius 1 is 1.05 bits per heavy atom. The molecule has 0 radical (unpaired) electrons. The second kappa shape index (κ2) is 13.4. The summed E-state index contributed by atoms with van der Waals surface area (Å²) in [5, 5.41) is 11.1. The third kappa shape index (κ3) is 7.78. The maximum absolute atomic E-state index is 12.3. The fourth-order valence-corrected chi connectivity index (χ4v) is 6.83. The Bertz CT molecular complexity index is 1590. The van der Waals surface area contributed by atoms with E-state index in [1.807, 2.05) is 72.4 Å². The zero-order valence-electron chi connectivity index (χ0n) is 22.8. The van der Waals surface area contributed by atoms with Crippen molar-refractivity contribution < 1.29 is 19.4 Å². The molecule has 210 valence electrons. The van der Waals surface area contributed by atoms with Gasteiger partial charge in [-0.25, -0.2) is 9.78 Å². The van der Waals surface area contributed by atoms with Crippen molar-refractivity contribution in [2.24, 2.45) is 11.8 Å². The number of methoxy groups -OCH3 is 1. The van der Waals surface area contributed by atoms with Crippen LogP contribution in [0.1, 0.15) is 57.3 Å². The van der Waals surface area contributed by atoms with Crippen LogP contribution in [-0.4, -0.2) is 34.9 Å². The average Bonchev–Trinajstić information content (AvgIpc) is 3.72. The number of aryl methyl sites for hydroxylation is 1. The molecular weight excluding hydrogens is 554 g/mol. The van der Waals surface area contributed by atoms with Gasteiger partial charge < -0.3 is 9.84 Å². The molecular formula is C34H32ClNO4S. The molecule has 1 aliphatic rings. The summed E-state index contributed by atoms with van der Waals surface area (Å²) in [7, 11) is 1.41. The average molecular weight is 586 g/mol. The number of nitrogens with zero attached hydrogens (tertiary/aromatic N) is 1. The number of hydrogen-bond donors (Lipinski definition) is 1. The molecule has 3 aromatic carbocycles. The number of aromatic nitrogens is 1. The molecule has 0 amide bonds. The minimum absolute atomic E-state index is 0.195. The van der Waals surface area contributed by atoms with E-state index in [-0.39, 0.29) is 23.6 Å². The quantitative estimate of drug-likeness (QED) is 0.168. The molecule has 0 aliphatic heterocycles. The molecule has 3 atom stereocenters. The molecule has 1 N–H and O–H groups in total. The first-order valence-electron chi connectivity index (χ1n) is 13.7. The van der Waals surface area contributed by atoms with Crippen molar-refractivity contribution in [2.75, 3.05) is 12.9 Å². The van der Waals surface area contributed by atoms with Crippen LogP contribution in [0.15, 0.2) is 78.9 Å². The molecule has 0 spiro atoms. The van der Waals surface area contributed by atoms with Crippen LogP contribution in [0, 0.1) is 11.8 Å². The van der Waals surface area contributed by atoms with Crippen molar-refractivity contribution in [3.05, 3.63) is 112 Å². The number of thioether (sulfide) groups is 1. The van der Waals surface area contributed by atoms with Crippen LogP contribution >= 0.6 is 23.4 Å². The van der Waals surface area contributed by atoms with Crippen LogP contribution in [0.25, 0.3) is 23.1 Å². The Morgan fingerprint density at radius 3 is 2.71 bits per heavy atom. The van der Waals surface area contributed by atoms with Gasteiger partial charge in [0.25, 0.3) is 0 Å². The smallest absolute Gasteiger partial charge is 0.338 e. The molecule has 41 heavy (non-hydrogen) atoms. The van der Waals surface area contributed by atoms with Gasteiger partial charge in [-0.05, 0) is 83.9 Å². The number of hydrogen-bond acceptors (Lipinski definition) is 5. The summed E-state index contributed by atoms with van der Waals surface area (Å²) in [5.41, 5.74) is 5.57. The molecule has 1 fully saturated rings. The van der Waals surface area contributed by atoms with Crippen molar-refractivity contribution in [3.63, 3.8) is 0 Å². The Kier molecular flexibility index (Phi) is 9.42. The van der Waals surface area contributed by atoms with Gasteiger partial charge in [-0.2, -0.15) is 11.8 Å². The van der Waals surface area contributed by atoms with E-state index in [1.165, 1.54) is 12.7 Å². The molecule has 2 unspecified atom stereocenters. The van der Waals surface area contributed by atoms with Gasteiger partial charge in [0, 0.05) is 22.1 Å². The van der Waals surface area contributed by atoms with Crippen LogP contribution in [-0.2, 0) is 16.0 Å². The molecule has 1 aliphatic carbocycles. The fourth-order valence-electron chi connectivity index (χ4n) is 5.15. The molecule has 4 aromatic rings. The largest absolute Gasteiger partial charge is 0.481 e. The van der Waals surface area contributed by atoms with E-state index in [0.717, 1.165) is 52.7 Å². The van der Waals surface area contributed by atoms with Crippen LogP contribution < -0.4 is 0 Å². The van der Waals surface area contributed by atoms with Gasteiger partial charge in [-0.1, -0.05) is 72.3 Å². The zero-order chi connectivity index (χ0) is 28.8. The van der Waals surface area contributed by atoms with Crippen molar-refractivity contribution in [1.82, 2.24) is 4.98 Å². The second-order valence-corrected chi connectivity index (χ2v) is 12.1. The molecule has 5 nitrogen and oxygen atoms in total. The molecule has 7 heteroatoms. The number of rotatable bonds is 12. The Hall–Kier alpha value is -3.61. The number of ether oxygens (including phenoxy) is 1. The minimum Gasteiger partial charge on any atom is -0.481 e. The highest BCUT2D eigenvalue weighted by atomic mass is 35.5. The maximum Gasteiger partial charge on any atom is 0.338 e. The standard InChI is InChI=1S/C34H32ClNO4S/c1-40-34(39)30-8-3-2-6-23(30)12-16-32(41-21-27-18-26(27)19-33(37)38)25-7-4-5-22(17-25)9-14-29-15-11-24-10-13-28(35)20-31(24)36-29/h2-11,13-15,17,20,26-27,32H,12,16,18-19,21H2,1H3,(H,37,38)/t26?,27?,32-/m1/s1. The van der Waals surface area contributed by atoms with Crippen LogP contribution in [0.4, 0.5) is 0 Å². The number of pyridine rings is 1. The van der Waals surface area contributed by atoms with Crippen molar-refractivity contribution >= 4 is 58.4 Å². The van der Waals surface area contributed by atoms with E-state index >= 15 is 0 Å². The van der Waals surface area contributed by atoms with Gasteiger partial charge in [0.15, 0.2) is 0 Å². The topological polar surface area (TPSA) is 76.5 Å². The highest BCUT2D eigenvalue weighted by Gasteiger charge is 2.38. The highest BCUT2D eigenvalue weighted by molar-refractivity contribution is 7.99. The lowest BCUT2D eigenvalue weighted by molar-refractivity contribution is -0.137. The first-order valence-corrected chi connectivity index (χ1v) is 15.2. The lowest BCUT2D eigenvalue weighted by Gasteiger charge is -2.19. The number of fused-ring (bicyclic) bond motifs is 1. The summed E-state index contributed by atoms with van der Waals surface area (Å²) >= 11 is 8.04. The van der Waals surface area contributed by atoms with Crippen molar-refractivity contribution in [1.29, 1.82) is 0 Å². The molecule has 1 saturated carbocycles. The normalized spacial score (nSPS) is 17.0. The van der Waals surface area contributed by atoms with E-state index in [4.69, 9.17) is 26.4 Å². The van der Waals surface area contributed by atoms with Crippen molar-refractivity contribution in [3.8, 4) is 0 Å². The number of aliphatic carboxylic acids is 1. The lowest BCUT2D eigenvalue weighted by atomic mass is 9.98. The van der Waals surface area contributed by atoms with Crippen LogP contribution in [0.3, 0.4) is 0 Å². The maximum atomic E-state index is 12.3. The SMILES string of the molecule is COC(=O)c1ccccc1CC[C@@H](SCC1CC1CC(=O)O)c1cccc(C=Cc2ccc3ccc(Cl)cc3n2)c1. The van der Waals surface area contributed by atoms with E-state index in [0.29, 0.717) is 16.5 Å². The number of esters is 1. The summed E-state index contributed by atoms with van der Waals surface area (Å²) in [6.07, 6.45) is 6.88. The summed E-state index contributed by atoms with van der Waals surface area (Å²) in [4.78, 5) is 28.2. The number of halogens is 1. The first-order chi connectivity index (χ1) is 19.9. The number of carboxylic acids is 1. The third-order valence-electron chi connectivity index (χ3n) is 7.52. The van der Waals surface area contributed by atoms with Crippen molar-refractivity contribution in [2.45, 2.75) is 30.9 Å².